The Balaban J connectivity index is 2.09. The zero-order valence-electron chi connectivity index (χ0n) is 11.1. The van der Waals surface area contributed by atoms with Gasteiger partial charge in [-0.1, -0.05) is 19.8 Å². The molecule has 0 aromatic carbocycles. The van der Waals surface area contributed by atoms with Gasteiger partial charge in [-0.05, 0) is 26.3 Å². The molecule has 17 heavy (non-hydrogen) atoms. The van der Waals surface area contributed by atoms with E-state index in [1.54, 1.807) is 6.92 Å². The number of carbonyl (C=O) groups is 1. The lowest BCUT2D eigenvalue weighted by Gasteiger charge is -2.27. The first-order chi connectivity index (χ1) is 8.27. The molecular weight excluding hydrogens is 218 g/mol. The van der Waals surface area contributed by atoms with Crippen LogP contribution in [0.1, 0.15) is 39.5 Å². The molecule has 0 aromatic heterocycles. The molecule has 0 heterocycles. The minimum Gasteiger partial charge on any atom is -0.464 e. The van der Waals surface area contributed by atoms with Crippen LogP contribution in [-0.4, -0.2) is 49.8 Å². The van der Waals surface area contributed by atoms with Crippen LogP contribution in [0.5, 0.6) is 0 Å². The fourth-order valence-electron chi connectivity index (χ4n) is 2.41. The maximum atomic E-state index is 11.1. The lowest BCUT2D eigenvalue weighted by molar-refractivity contribution is -0.148. The van der Waals surface area contributed by atoms with E-state index in [9.17, 15) is 4.79 Å². The minimum atomic E-state index is -0.267. The first kappa shape index (κ1) is 14.5. The van der Waals surface area contributed by atoms with Crippen molar-refractivity contribution >= 4 is 5.97 Å². The van der Waals surface area contributed by atoms with Gasteiger partial charge in [0.2, 0.25) is 0 Å². The van der Waals surface area contributed by atoms with E-state index < -0.39 is 0 Å². The SMILES string of the molecule is CCOC(=O)COCCN(CC)C1CCCC1. The van der Waals surface area contributed by atoms with E-state index in [1.807, 2.05) is 0 Å². The Kier molecular flexibility index (Phi) is 7.21. The highest BCUT2D eigenvalue weighted by Crippen LogP contribution is 2.22. The largest absolute Gasteiger partial charge is 0.464 e. The van der Waals surface area contributed by atoms with Crippen LogP contribution in [0.4, 0.5) is 0 Å². The number of nitrogens with zero attached hydrogens (tertiary/aromatic N) is 1. The number of esters is 1. The van der Waals surface area contributed by atoms with E-state index in [-0.39, 0.29) is 12.6 Å². The molecule has 100 valence electrons. The third kappa shape index (κ3) is 5.50. The van der Waals surface area contributed by atoms with E-state index in [0.717, 1.165) is 19.1 Å². The minimum absolute atomic E-state index is 0.0794. The normalized spacial score (nSPS) is 16.6. The van der Waals surface area contributed by atoms with E-state index in [4.69, 9.17) is 9.47 Å². The fraction of sp³-hybridized carbons (Fsp3) is 0.923. The maximum absolute atomic E-state index is 11.1. The number of hydrogen-bond acceptors (Lipinski definition) is 4. The second-order valence-electron chi connectivity index (χ2n) is 4.42. The summed E-state index contributed by atoms with van der Waals surface area (Å²) in [5.41, 5.74) is 0. The van der Waals surface area contributed by atoms with Gasteiger partial charge >= 0.3 is 5.97 Å². The average molecular weight is 243 g/mol. The van der Waals surface area contributed by atoms with Crippen molar-refractivity contribution in [3.05, 3.63) is 0 Å². The molecule has 4 heteroatoms. The van der Waals surface area contributed by atoms with Crippen molar-refractivity contribution in [2.75, 3.05) is 32.9 Å². The highest BCUT2D eigenvalue weighted by Gasteiger charge is 2.20. The number of rotatable bonds is 8. The smallest absolute Gasteiger partial charge is 0.332 e. The molecule has 0 saturated heterocycles. The van der Waals surface area contributed by atoms with Crippen molar-refractivity contribution in [3.8, 4) is 0 Å². The van der Waals surface area contributed by atoms with Crippen molar-refractivity contribution in [3.63, 3.8) is 0 Å². The Bertz CT molecular complexity index is 215. The zero-order valence-corrected chi connectivity index (χ0v) is 11.1. The third-order valence-corrected chi connectivity index (χ3v) is 3.30. The molecular formula is C13H25NO3. The van der Waals surface area contributed by atoms with Gasteiger partial charge in [0.25, 0.3) is 0 Å². The molecule has 0 aromatic rings. The van der Waals surface area contributed by atoms with E-state index in [2.05, 4.69) is 11.8 Å². The van der Waals surface area contributed by atoms with Crippen molar-refractivity contribution in [1.82, 2.24) is 4.90 Å². The van der Waals surface area contributed by atoms with Crippen molar-refractivity contribution in [1.29, 1.82) is 0 Å². The van der Waals surface area contributed by atoms with Crippen LogP contribution in [0.2, 0.25) is 0 Å². The summed E-state index contributed by atoms with van der Waals surface area (Å²) in [6.45, 7) is 7.08. The number of ether oxygens (including phenoxy) is 2. The summed E-state index contributed by atoms with van der Waals surface area (Å²) < 4.78 is 10.1. The molecule has 0 amide bonds. The first-order valence-corrected chi connectivity index (χ1v) is 6.75. The van der Waals surface area contributed by atoms with E-state index in [1.165, 1.54) is 25.7 Å². The molecule has 0 N–H and O–H groups in total. The average Bonchev–Trinajstić information content (AvgIpc) is 2.83. The summed E-state index contributed by atoms with van der Waals surface area (Å²) in [7, 11) is 0. The Hall–Kier alpha value is -0.610. The number of hydrogen-bond donors (Lipinski definition) is 0. The van der Waals surface area contributed by atoms with Gasteiger partial charge in [0.1, 0.15) is 6.61 Å². The van der Waals surface area contributed by atoms with Gasteiger partial charge in [0.15, 0.2) is 0 Å². The second-order valence-corrected chi connectivity index (χ2v) is 4.42. The fourth-order valence-corrected chi connectivity index (χ4v) is 2.41. The second kappa shape index (κ2) is 8.48. The van der Waals surface area contributed by atoms with Gasteiger partial charge in [-0.15, -0.1) is 0 Å². The Morgan fingerprint density at radius 1 is 1.29 bits per heavy atom. The Morgan fingerprint density at radius 2 is 2.00 bits per heavy atom. The van der Waals surface area contributed by atoms with Gasteiger partial charge in [-0.3, -0.25) is 4.90 Å². The molecule has 0 radical (unpaired) electrons. The molecule has 4 nitrogen and oxygen atoms in total. The third-order valence-electron chi connectivity index (χ3n) is 3.30. The molecule has 1 aliphatic rings. The van der Waals surface area contributed by atoms with Gasteiger partial charge in [0.05, 0.1) is 13.2 Å². The van der Waals surface area contributed by atoms with Crippen molar-refractivity contribution in [2.24, 2.45) is 0 Å². The van der Waals surface area contributed by atoms with Crippen LogP contribution < -0.4 is 0 Å². The van der Waals surface area contributed by atoms with Crippen LogP contribution in [0.15, 0.2) is 0 Å². The molecule has 1 fully saturated rings. The molecule has 0 atom stereocenters. The highest BCUT2D eigenvalue weighted by atomic mass is 16.6. The summed E-state index contributed by atoms with van der Waals surface area (Å²) in [6, 6.07) is 0.728. The maximum Gasteiger partial charge on any atom is 0.332 e. The molecule has 0 unspecified atom stereocenters. The molecule has 0 aliphatic heterocycles. The van der Waals surface area contributed by atoms with Gasteiger partial charge < -0.3 is 9.47 Å². The Morgan fingerprint density at radius 3 is 2.59 bits per heavy atom. The quantitative estimate of drug-likeness (QED) is 0.481. The predicted octanol–water partition coefficient (Wildman–Crippen LogP) is 1.83. The first-order valence-electron chi connectivity index (χ1n) is 6.75. The molecule has 1 aliphatic carbocycles. The molecule has 1 saturated carbocycles. The monoisotopic (exact) mass is 243 g/mol. The van der Waals surface area contributed by atoms with E-state index >= 15 is 0 Å². The van der Waals surface area contributed by atoms with Crippen LogP contribution in [0, 0.1) is 0 Å². The Labute approximate surface area is 104 Å². The lowest BCUT2D eigenvalue weighted by atomic mass is 10.2. The topological polar surface area (TPSA) is 38.8 Å². The summed E-state index contributed by atoms with van der Waals surface area (Å²) in [5, 5.41) is 0. The zero-order chi connectivity index (χ0) is 12.5. The van der Waals surface area contributed by atoms with Crippen LogP contribution in [0.3, 0.4) is 0 Å². The molecule has 1 rings (SSSR count). The van der Waals surface area contributed by atoms with Crippen molar-refractivity contribution in [2.45, 2.75) is 45.6 Å². The standard InChI is InChI=1S/C13H25NO3/c1-3-14(12-7-5-6-8-12)9-10-16-11-13(15)17-4-2/h12H,3-11H2,1-2H3. The van der Waals surface area contributed by atoms with Crippen molar-refractivity contribution < 1.29 is 14.3 Å². The summed E-state index contributed by atoms with van der Waals surface area (Å²) in [4.78, 5) is 13.5. The van der Waals surface area contributed by atoms with Crippen LogP contribution in [0.25, 0.3) is 0 Å². The number of carbonyl (C=O) groups excluding carboxylic acids is 1. The summed E-state index contributed by atoms with van der Waals surface area (Å²) in [6.07, 6.45) is 5.33. The lowest BCUT2D eigenvalue weighted by Crippen LogP contribution is -2.36. The van der Waals surface area contributed by atoms with Gasteiger partial charge in [-0.25, -0.2) is 4.79 Å². The van der Waals surface area contributed by atoms with Crippen LogP contribution in [-0.2, 0) is 14.3 Å². The van der Waals surface area contributed by atoms with Crippen LogP contribution >= 0.6 is 0 Å². The van der Waals surface area contributed by atoms with Gasteiger partial charge in [-0.2, -0.15) is 0 Å². The van der Waals surface area contributed by atoms with Gasteiger partial charge in [0, 0.05) is 12.6 Å². The summed E-state index contributed by atoms with van der Waals surface area (Å²) in [5.74, 6) is -0.267. The molecule has 0 spiro atoms. The van der Waals surface area contributed by atoms with E-state index in [0.29, 0.717) is 13.2 Å². The number of likely N-dealkylation sites (N-methyl/N-ethyl adjacent to an activating group) is 1. The summed E-state index contributed by atoms with van der Waals surface area (Å²) >= 11 is 0. The predicted molar refractivity (Wildman–Crippen MR) is 67.0 cm³/mol. The molecule has 0 bridgehead atoms. The highest BCUT2D eigenvalue weighted by molar-refractivity contribution is 5.70.